The molecule has 1 aromatic carbocycles. The Morgan fingerprint density at radius 3 is 2.95 bits per heavy atom. The average molecular weight is 269 g/mol. The van der Waals surface area contributed by atoms with Crippen LogP contribution in [0.5, 0.6) is 0 Å². The van der Waals surface area contributed by atoms with Crippen LogP contribution in [0.2, 0.25) is 0 Å². The quantitative estimate of drug-likeness (QED) is 0.685. The van der Waals surface area contributed by atoms with Gasteiger partial charge >= 0.3 is 0 Å². The topological polar surface area (TPSA) is 92.2 Å². The van der Waals surface area contributed by atoms with Gasteiger partial charge in [-0.25, -0.2) is 4.99 Å². The zero-order valence-corrected chi connectivity index (χ0v) is 11.5. The maximum atomic E-state index is 6.48. The number of nitrogens with zero attached hydrogens (tertiary/aromatic N) is 1. The summed E-state index contributed by atoms with van der Waals surface area (Å²) in [4.78, 5) is 7.60. The molecule has 104 valence electrons. The molecule has 5 heteroatoms. The fourth-order valence-electron chi connectivity index (χ4n) is 2.67. The van der Waals surface area contributed by atoms with Crippen molar-refractivity contribution in [2.75, 3.05) is 0 Å². The van der Waals surface area contributed by atoms with Crippen molar-refractivity contribution in [1.82, 2.24) is 10.3 Å². The van der Waals surface area contributed by atoms with E-state index >= 15 is 0 Å². The van der Waals surface area contributed by atoms with E-state index in [0.717, 1.165) is 35.0 Å². The Hall–Kier alpha value is -2.27. The first-order valence-electron chi connectivity index (χ1n) is 6.82. The van der Waals surface area contributed by atoms with Gasteiger partial charge in [-0.05, 0) is 24.6 Å². The first-order valence-corrected chi connectivity index (χ1v) is 6.82. The molecule has 0 spiro atoms. The highest BCUT2D eigenvalue weighted by Crippen LogP contribution is 2.29. The summed E-state index contributed by atoms with van der Waals surface area (Å²) in [5.41, 5.74) is 15.4. The molecule has 2 heterocycles. The Kier molecular flexibility index (Phi) is 2.99. The molecular weight excluding hydrogens is 250 g/mol. The van der Waals surface area contributed by atoms with Crippen LogP contribution < -0.4 is 16.8 Å². The van der Waals surface area contributed by atoms with E-state index in [-0.39, 0.29) is 0 Å². The van der Waals surface area contributed by atoms with Crippen molar-refractivity contribution in [2.24, 2.45) is 16.5 Å². The van der Waals surface area contributed by atoms with E-state index in [1.54, 1.807) is 0 Å². The second-order valence-electron chi connectivity index (χ2n) is 5.09. The zero-order chi connectivity index (χ0) is 14.2. The number of allylic oxidation sites excluding steroid dienone is 1. The Morgan fingerprint density at radius 1 is 1.30 bits per heavy atom. The van der Waals surface area contributed by atoms with Gasteiger partial charge in [0.1, 0.15) is 5.84 Å². The number of fused-ring (bicyclic) bond motifs is 1. The van der Waals surface area contributed by atoms with Crippen molar-refractivity contribution in [2.45, 2.75) is 25.6 Å². The van der Waals surface area contributed by atoms with Crippen molar-refractivity contribution >= 4 is 16.7 Å². The summed E-state index contributed by atoms with van der Waals surface area (Å²) >= 11 is 0. The number of aliphatic imine (C=N–C) groups is 1. The highest BCUT2D eigenvalue weighted by Gasteiger charge is 2.31. The van der Waals surface area contributed by atoms with E-state index in [2.05, 4.69) is 22.2 Å². The Morgan fingerprint density at radius 2 is 2.15 bits per heavy atom. The monoisotopic (exact) mass is 269 g/mol. The first kappa shape index (κ1) is 12.7. The largest absolute Gasteiger partial charge is 0.384 e. The fraction of sp³-hybridized carbons (Fsp3) is 0.267. The van der Waals surface area contributed by atoms with Gasteiger partial charge in [0.25, 0.3) is 0 Å². The highest BCUT2D eigenvalue weighted by atomic mass is 15.3. The lowest BCUT2D eigenvalue weighted by Gasteiger charge is -2.33. The number of aromatic nitrogens is 1. The number of benzene rings is 1. The lowest BCUT2D eigenvalue weighted by molar-refractivity contribution is 0.390. The van der Waals surface area contributed by atoms with E-state index < -0.39 is 5.79 Å². The number of amidine groups is 1. The predicted octanol–water partition coefficient (Wildman–Crippen LogP) is 1.88. The molecule has 0 radical (unpaired) electrons. The molecule has 0 bridgehead atoms. The van der Waals surface area contributed by atoms with Crippen molar-refractivity contribution in [1.29, 1.82) is 0 Å². The minimum atomic E-state index is -1.01. The lowest BCUT2D eigenvalue weighted by Crippen LogP contribution is -2.51. The van der Waals surface area contributed by atoms with Gasteiger partial charge in [-0.2, -0.15) is 0 Å². The second kappa shape index (κ2) is 4.68. The van der Waals surface area contributed by atoms with Crippen LogP contribution in [0, 0.1) is 0 Å². The van der Waals surface area contributed by atoms with Crippen molar-refractivity contribution < 1.29 is 0 Å². The molecule has 0 amide bonds. The first-order chi connectivity index (χ1) is 9.62. The third-order valence-corrected chi connectivity index (χ3v) is 3.50. The van der Waals surface area contributed by atoms with Gasteiger partial charge in [-0.15, -0.1) is 0 Å². The molecule has 1 atom stereocenters. The maximum absolute atomic E-state index is 6.48. The molecule has 1 aliphatic rings. The zero-order valence-electron chi connectivity index (χ0n) is 11.5. The highest BCUT2D eigenvalue weighted by molar-refractivity contribution is 5.93. The summed E-state index contributed by atoms with van der Waals surface area (Å²) in [5, 5.41) is 4.37. The number of nitrogens with two attached hydrogens (primary N) is 2. The fourth-order valence-corrected chi connectivity index (χ4v) is 2.67. The molecule has 0 fully saturated rings. The van der Waals surface area contributed by atoms with Gasteiger partial charge in [0.15, 0.2) is 0 Å². The number of nitrogens with one attached hydrogen (secondary N) is 2. The molecule has 0 saturated carbocycles. The summed E-state index contributed by atoms with van der Waals surface area (Å²) < 4.78 is 0. The van der Waals surface area contributed by atoms with Crippen LogP contribution in [-0.4, -0.2) is 10.8 Å². The van der Waals surface area contributed by atoms with Crippen LogP contribution >= 0.6 is 0 Å². The molecule has 1 aliphatic heterocycles. The van der Waals surface area contributed by atoms with Crippen LogP contribution in [0.25, 0.3) is 10.9 Å². The number of hydrogen-bond donors (Lipinski definition) is 4. The molecule has 1 aromatic heterocycles. The minimum Gasteiger partial charge on any atom is -0.384 e. The van der Waals surface area contributed by atoms with Crippen LogP contribution in [0.15, 0.2) is 47.2 Å². The third-order valence-electron chi connectivity index (χ3n) is 3.50. The Labute approximate surface area is 117 Å². The van der Waals surface area contributed by atoms with Gasteiger partial charge in [0.2, 0.25) is 5.79 Å². The molecule has 0 aliphatic carbocycles. The van der Waals surface area contributed by atoms with E-state index in [9.17, 15) is 0 Å². The standard InChI is InChI=1S/C15H19N5/c1-2-4-10-9-14(16)20-15(17,19-10)12-5-3-6-13-11(12)7-8-18-13/h3,5-9,18-19H,2,4,17H2,1H3,(H2,16,20). The normalized spacial score (nSPS) is 22.3. The second-order valence-corrected chi connectivity index (χ2v) is 5.09. The molecule has 3 rings (SSSR count). The molecule has 6 N–H and O–H groups in total. The summed E-state index contributed by atoms with van der Waals surface area (Å²) in [7, 11) is 0. The van der Waals surface area contributed by atoms with Crippen molar-refractivity contribution in [3.8, 4) is 0 Å². The van der Waals surface area contributed by atoms with Gasteiger partial charge in [-0.1, -0.05) is 25.5 Å². The molecule has 20 heavy (non-hydrogen) atoms. The van der Waals surface area contributed by atoms with Crippen LogP contribution in [0.3, 0.4) is 0 Å². The Bertz CT molecular complexity index is 697. The molecule has 0 saturated heterocycles. The van der Waals surface area contributed by atoms with Crippen LogP contribution in [0.4, 0.5) is 0 Å². The van der Waals surface area contributed by atoms with E-state index in [4.69, 9.17) is 11.5 Å². The molecule has 5 nitrogen and oxygen atoms in total. The summed E-state index contributed by atoms with van der Waals surface area (Å²) in [6, 6.07) is 7.97. The van der Waals surface area contributed by atoms with Gasteiger partial charge in [-0.3, -0.25) is 5.73 Å². The van der Waals surface area contributed by atoms with E-state index in [1.807, 2.05) is 36.5 Å². The summed E-state index contributed by atoms with van der Waals surface area (Å²) in [6.45, 7) is 2.12. The van der Waals surface area contributed by atoms with Crippen molar-refractivity contribution in [3.63, 3.8) is 0 Å². The molecule has 1 unspecified atom stereocenters. The average Bonchev–Trinajstić information content (AvgIpc) is 2.85. The number of rotatable bonds is 3. The summed E-state index contributed by atoms with van der Waals surface area (Å²) in [6.07, 6.45) is 5.68. The SMILES string of the molecule is CCCC1=CC(N)=NC(N)(c2cccc3[nH]ccc23)N1. The number of hydrogen-bond acceptors (Lipinski definition) is 4. The third kappa shape index (κ3) is 2.06. The lowest BCUT2D eigenvalue weighted by atomic mass is 10.0. The van der Waals surface area contributed by atoms with Crippen molar-refractivity contribution in [3.05, 3.63) is 47.8 Å². The smallest absolute Gasteiger partial charge is 0.211 e. The predicted molar refractivity (Wildman–Crippen MR) is 81.9 cm³/mol. The van der Waals surface area contributed by atoms with E-state index in [1.165, 1.54) is 0 Å². The summed E-state index contributed by atoms with van der Waals surface area (Å²) in [5.74, 6) is -0.548. The van der Waals surface area contributed by atoms with Gasteiger partial charge < -0.3 is 16.0 Å². The van der Waals surface area contributed by atoms with Gasteiger partial charge in [0, 0.05) is 28.4 Å². The maximum Gasteiger partial charge on any atom is 0.211 e. The van der Waals surface area contributed by atoms with E-state index in [0.29, 0.717) is 5.84 Å². The number of aromatic amines is 1. The van der Waals surface area contributed by atoms with Crippen LogP contribution in [0.1, 0.15) is 25.3 Å². The Balaban J connectivity index is 2.09. The minimum absolute atomic E-state index is 0.460. The molecular formula is C15H19N5. The molecule has 2 aromatic rings. The number of H-pyrrole nitrogens is 1. The van der Waals surface area contributed by atoms with Gasteiger partial charge in [0.05, 0.1) is 0 Å². The van der Waals surface area contributed by atoms with Crippen LogP contribution in [-0.2, 0) is 5.79 Å².